The Morgan fingerprint density at radius 3 is 2.62 bits per heavy atom. The van der Waals surface area contributed by atoms with E-state index >= 15 is 0 Å². The fourth-order valence-electron chi connectivity index (χ4n) is 1.63. The summed E-state index contributed by atoms with van der Waals surface area (Å²) in [6.07, 6.45) is 2.54. The van der Waals surface area contributed by atoms with Gasteiger partial charge in [0, 0.05) is 26.7 Å². The lowest BCUT2D eigenvalue weighted by Crippen LogP contribution is -2.44. The minimum atomic E-state index is 0.422. The van der Waals surface area contributed by atoms with Crippen LogP contribution in [0.3, 0.4) is 0 Å². The molecule has 1 aliphatic rings. The smallest absolute Gasteiger partial charge is 0.190 e. The molecule has 0 saturated carbocycles. The topological polar surface area (TPSA) is 50.9 Å². The summed E-state index contributed by atoms with van der Waals surface area (Å²) in [5.41, 5.74) is 5.70. The SMILES string of the molecule is CCOC1CCN(C(N)=NC)CC1. The number of hydrogen-bond acceptors (Lipinski definition) is 2. The molecule has 0 aromatic heterocycles. The molecule has 0 spiro atoms. The number of rotatable bonds is 2. The van der Waals surface area contributed by atoms with Gasteiger partial charge in [0.1, 0.15) is 0 Å². The van der Waals surface area contributed by atoms with E-state index in [1.807, 2.05) is 6.92 Å². The van der Waals surface area contributed by atoms with Gasteiger partial charge in [-0.3, -0.25) is 4.99 Å². The van der Waals surface area contributed by atoms with E-state index in [0.717, 1.165) is 32.5 Å². The molecule has 0 atom stereocenters. The highest BCUT2D eigenvalue weighted by Crippen LogP contribution is 2.12. The van der Waals surface area contributed by atoms with Crippen LogP contribution in [0.4, 0.5) is 0 Å². The highest BCUT2D eigenvalue weighted by Gasteiger charge is 2.19. The first-order valence-corrected chi connectivity index (χ1v) is 4.86. The molecule has 1 rings (SSSR count). The Balaban J connectivity index is 2.30. The molecule has 13 heavy (non-hydrogen) atoms. The molecule has 0 aromatic carbocycles. The van der Waals surface area contributed by atoms with Gasteiger partial charge in [-0.15, -0.1) is 0 Å². The Morgan fingerprint density at radius 1 is 1.54 bits per heavy atom. The first-order chi connectivity index (χ1) is 6.27. The molecule has 1 fully saturated rings. The number of likely N-dealkylation sites (tertiary alicyclic amines) is 1. The molecule has 4 nitrogen and oxygen atoms in total. The first kappa shape index (κ1) is 10.3. The van der Waals surface area contributed by atoms with Gasteiger partial charge in [0.2, 0.25) is 0 Å². The van der Waals surface area contributed by atoms with Crippen LogP contribution in [-0.2, 0) is 4.74 Å². The van der Waals surface area contributed by atoms with Gasteiger partial charge in [0.15, 0.2) is 5.96 Å². The molecule has 1 aliphatic heterocycles. The number of piperidine rings is 1. The average Bonchev–Trinajstić information content (AvgIpc) is 2.18. The van der Waals surface area contributed by atoms with Crippen molar-refractivity contribution in [3.8, 4) is 0 Å². The second-order valence-corrected chi connectivity index (χ2v) is 3.22. The number of hydrogen-bond donors (Lipinski definition) is 1. The van der Waals surface area contributed by atoms with E-state index in [0.29, 0.717) is 12.1 Å². The Bertz CT molecular complexity index is 174. The predicted octanol–water partition coefficient (Wildman–Crippen LogP) is 0.432. The fraction of sp³-hybridized carbons (Fsp3) is 0.889. The minimum absolute atomic E-state index is 0.422. The summed E-state index contributed by atoms with van der Waals surface area (Å²) in [7, 11) is 1.73. The molecular weight excluding hydrogens is 166 g/mol. The normalized spacial score (nSPS) is 20.8. The molecule has 2 N–H and O–H groups in total. The van der Waals surface area contributed by atoms with E-state index in [1.165, 1.54) is 0 Å². The summed E-state index contributed by atoms with van der Waals surface area (Å²) in [5.74, 6) is 0.648. The molecule has 1 saturated heterocycles. The minimum Gasteiger partial charge on any atom is -0.378 e. The van der Waals surface area contributed by atoms with Crippen molar-refractivity contribution in [1.29, 1.82) is 0 Å². The zero-order chi connectivity index (χ0) is 9.68. The van der Waals surface area contributed by atoms with Crippen molar-refractivity contribution >= 4 is 5.96 Å². The monoisotopic (exact) mass is 185 g/mol. The van der Waals surface area contributed by atoms with Gasteiger partial charge in [-0.25, -0.2) is 0 Å². The molecule has 0 aliphatic carbocycles. The third kappa shape index (κ3) is 2.88. The van der Waals surface area contributed by atoms with Gasteiger partial charge in [-0.05, 0) is 19.8 Å². The first-order valence-electron chi connectivity index (χ1n) is 4.86. The van der Waals surface area contributed by atoms with Gasteiger partial charge in [0.25, 0.3) is 0 Å². The van der Waals surface area contributed by atoms with E-state index < -0.39 is 0 Å². The number of ether oxygens (including phenoxy) is 1. The van der Waals surface area contributed by atoms with E-state index in [4.69, 9.17) is 10.5 Å². The van der Waals surface area contributed by atoms with Gasteiger partial charge >= 0.3 is 0 Å². The third-order valence-corrected chi connectivity index (χ3v) is 2.40. The van der Waals surface area contributed by atoms with Crippen LogP contribution < -0.4 is 5.73 Å². The number of nitrogens with two attached hydrogens (primary N) is 1. The highest BCUT2D eigenvalue weighted by atomic mass is 16.5. The van der Waals surface area contributed by atoms with Crippen molar-refractivity contribution in [3.63, 3.8) is 0 Å². The Kier molecular flexibility index (Phi) is 4.02. The maximum atomic E-state index is 5.70. The van der Waals surface area contributed by atoms with Gasteiger partial charge in [-0.2, -0.15) is 0 Å². The van der Waals surface area contributed by atoms with E-state index in [2.05, 4.69) is 9.89 Å². The van der Waals surface area contributed by atoms with Crippen LogP contribution in [0.2, 0.25) is 0 Å². The molecule has 4 heteroatoms. The maximum Gasteiger partial charge on any atom is 0.190 e. The van der Waals surface area contributed by atoms with E-state index in [1.54, 1.807) is 7.05 Å². The number of nitrogens with zero attached hydrogens (tertiary/aromatic N) is 2. The third-order valence-electron chi connectivity index (χ3n) is 2.40. The summed E-state index contributed by atoms with van der Waals surface area (Å²) >= 11 is 0. The molecule has 0 aromatic rings. The molecule has 1 heterocycles. The molecule has 0 radical (unpaired) electrons. The second-order valence-electron chi connectivity index (χ2n) is 3.22. The molecule has 0 amide bonds. The summed E-state index contributed by atoms with van der Waals surface area (Å²) < 4.78 is 5.54. The Morgan fingerprint density at radius 2 is 2.15 bits per heavy atom. The van der Waals surface area contributed by atoms with Crippen LogP contribution in [0.15, 0.2) is 4.99 Å². The van der Waals surface area contributed by atoms with Crippen LogP contribution in [0.5, 0.6) is 0 Å². The lowest BCUT2D eigenvalue weighted by Gasteiger charge is -2.32. The van der Waals surface area contributed by atoms with Crippen LogP contribution in [-0.4, -0.2) is 43.7 Å². The maximum absolute atomic E-state index is 5.70. The van der Waals surface area contributed by atoms with Crippen molar-refractivity contribution in [2.75, 3.05) is 26.7 Å². The van der Waals surface area contributed by atoms with Crippen molar-refractivity contribution in [1.82, 2.24) is 4.90 Å². The van der Waals surface area contributed by atoms with Crippen LogP contribution >= 0.6 is 0 Å². The lowest BCUT2D eigenvalue weighted by atomic mass is 10.1. The van der Waals surface area contributed by atoms with E-state index in [9.17, 15) is 0 Å². The van der Waals surface area contributed by atoms with E-state index in [-0.39, 0.29) is 0 Å². The van der Waals surface area contributed by atoms with Gasteiger partial charge in [0.05, 0.1) is 6.10 Å². The van der Waals surface area contributed by atoms with Crippen molar-refractivity contribution in [3.05, 3.63) is 0 Å². The molecule has 0 bridgehead atoms. The highest BCUT2D eigenvalue weighted by molar-refractivity contribution is 5.77. The second kappa shape index (κ2) is 5.07. The predicted molar refractivity (Wildman–Crippen MR) is 53.8 cm³/mol. The van der Waals surface area contributed by atoms with Gasteiger partial charge < -0.3 is 15.4 Å². The average molecular weight is 185 g/mol. The summed E-state index contributed by atoms with van der Waals surface area (Å²) in [6.45, 7) is 4.78. The van der Waals surface area contributed by atoms with Crippen LogP contribution in [0, 0.1) is 0 Å². The van der Waals surface area contributed by atoms with Gasteiger partial charge in [-0.1, -0.05) is 0 Å². The zero-order valence-electron chi connectivity index (χ0n) is 8.49. The molecule has 76 valence electrons. The number of guanidine groups is 1. The fourth-order valence-corrected chi connectivity index (χ4v) is 1.63. The molecule has 0 unspecified atom stereocenters. The Hall–Kier alpha value is -0.770. The van der Waals surface area contributed by atoms with Crippen LogP contribution in [0.25, 0.3) is 0 Å². The zero-order valence-corrected chi connectivity index (χ0v) is 8.49. The summed E-state index contributed by atoms with van der Waals surface area (Å²) in [4.78, 5) is 6.07. The standard InChI is InChI=1S/C9H19N3O/c1-3-13-8-4-6-12(7-5-8)9(10)11-2/h8H,3-7H2,1-2H3,(H2,10,11). The van der Waals surface area contributed by atoms with Crippen LogP contribution in [0.1, 0.15) is 19.8 Å². The summed E-state index contributed by atoms with van der Waals surface area (Å²) in [5, 5.41) is 0. The lowest BCUT2D eigenvalue weighted by molar-refractivity contribution is 0.0267. The van der Waals surface area contributed by atoms with Crippen molar-refractivity contribution in [2.45, 2.75) is 25.9 Å². The number of aliphatic imine (C=N–C) groups is 1. The quantitative estimate of drug-likeness (QED) is 0.501. The van der Waals surface area contributed by atoms with Crippen molar-refractivity contribution in [2.24, 2.45) is 10.7 Å². The Labute approximate surface area is 79.8 Å². The largest absolute Gasteiger partial charge is 0.378 e. The summed E-state index contributed by atoms with van der Waals surface area (Å²) in [6, 6.07) is 0. The molecular formula is C9H19N3O. The van der Waals surface area contributed by atoms with Crippen molar-refractivity contribution < 1.29 is 4.74 Å².